The van der Waals surface area contributed by atoms with Crippen LogP contribution in [0.5, 0.6) is 0 Å². The fraction of sp³-hybridized carbons (Fsp3) is 0.632. The molecule has 0 aromatic heterocycles. The zero-order valence-corrected chi connectivity index (χ0v) is 18.5. The Hall–Kier alpha value is -1.00. The van der Waals surface area contributed by atoms with Crippen LogP contribution in [0, 0.1) is 11.6 Å². The topological polar surface area (TPSA) is 59.9 Å². The van der Waals surface area contributed by atoms with Crippen molar-refractivity contribution in [3.63, 3.8) is 0 Å². The van der Waals surface area contributed by atoms with Crippen molar-refractivity contribution >= 4 is 29.9 Å². The smallest absolute Gasteiger partial charge is 0.191 e. The van der Waals surface area contributed by atoms with Gasteiger partial charge in [-0.15, -0.1) is 24.0 Å². The van der Waals surface area contributed by atoms with Crippen LogP contribution >= 0.6 is 24.0 Å². The van der Waals surface area contributed by atoms with Gasteiger partial charge in [0, 0.05) is 18.2 Å². The molecule has 1 saturated carbocycles. The lowest BCUT2D eigenvalue weighted by Crippen LogP contribution is -2.45. The number of halogens is 3. The molecule has 0 aliphatic heterocycles. The van der Waals surface area contributed by atoms with Crippen LogP contribution in [0.3, 0.4) is 0 Å². The van der Waals surface area contributed by atoms with Crippen LogP contribution in [0.2, 0.25) is 0 Å². The minimum Gasteiger partial charge on any atom is -0.393 e. The van der Waals surface area contributed by atoms with Crippen molar-refractivity contribution in [2.75, 3.05) is 27.2 Å². The lowest BCUT2D eigenvalue weighted by atomic mass is 9.93. The summed E-state index contributed by atoms with van der Waals surface area (Å²) in [7, 11) is 3.57. The second-order valence-electron chi connectivity index (χ2n) is 6.98. The quantitative estimate of drug-likeness (QED) is 0.322. The van der Waals surface area contributed by atoms with E-state index < -0.39 is 17.7 Å². The summed E-state index contributed by atoms with van der Waals surface area (Å²) in [5, 5.41) is 16.2. The Morgan fingerprint density at radius 2 is 1.81 bits per heavy atom. The van der Waals surface area contributed by atoms with E-state index in [2.05, 4.69) is 15.6 Å². The summed E-state index contributed by atoms with van der Waals surface area (Å²) in [6.45, 7) is 2.90. The molecule has 3 N–H and O–H groups in total. The summed E-state index contributed by atoms with van der Waals surface area (Å²) in [4.78, 5) is 6.33. The molecule has 154 valence electrons. The van der Waals surface area contributed by atoms with Gasteiger partial charge in [-0.3, -0.25) is 4.99 Å². The molecule has 8 heteroatoms. The minimum absolute atomic E-state index is 0. The van der Waals surface area contributed by atoms with Crippen molar-refractivity contribution in [1.29, 1.82) is 0 Å². The van der Waals surface area contributed by atoms with E-state index >= 15 is 0 Å². The van der Waals surface area contributed by atoms with Gasteiger partial charge in [-0.1, -0.05) is 6.07 Å². The average molecular weight is 496 g/mol. The molecule has 0 bridgehead atoms. The fourth-order valence-corrected chi connectivity index (χ4v) is 3.25. The summed E-state index contributed by atoms with van der Waals surface area (Å²) in [5.74, 6) is -0.478. The molecule has 1 aromatic carbocycles. The third-order valence-corrected chi connectivity index (χ3v) is 4.76. The molecule has 1 atom stereocenters. The number of hydrogen-bond acceptors (Lipinski definition) is 3. The maximum absolute atomic E-state index is 14.2. The Labute approximate surface area is 177 Å². The Bertz CT molecular complexity index is 587. The van der Waals surface area contributed by atoms with E-state index in [0.29, 0.717) is 12.5 Å². The van der Waals surface area contributed by atoms with E-state index in [-0.39, 0.29) is 48.2 Å². The van der Waals surface area contributed by atoms with Crippen LogP contribution in [0.1, 0.15) is 44.2 Å². The van der Waals surface area contributed by atoms with Gasteiger partial charge in [0.2, 0.25) is 0 Å². The second-order valence-corrected chi connectivity index (χ2v) is 6.98. The molecule has 1 aliphatic rings. The highest BCUT2D eigenvalue weighted by atomic mass is 127. The molecule has 0 spiro atoms. The molecule has 1 fully saturated rings. The number of likely N-dealkylation sites (N-methyl/N-ethyl adjacent to an activating group) is 1. The zero-order chi connectivity index (χ0) is 19.1. The minimum atomic E-state index is -0.557. The van der Waals surface area contributed by atoms with E-state index in [1.807, 2.05) is 6.92 Å². The molecular formula is C19H31F2IN4O. The van der Waals surface area contributed by atoms with E-state index in [1.165, 1.54) is 18.2 Å². The monoisotopic (exact) mass is 496 g/mol. The summed E-state index contributed by atoms with van der Waals surface area (Å²) in [6, 6.07) is 3.66. The van der Waals surface area contributed by atoms with Crippen LogP contribution in [-0.4, -0.2) is 55.3 Å². The van der Waals surface area contributed by atoms with Crippen molar-refractivity contribution in [2.45, 2.75) is 50.8 Å². The van der Waals surface area contributed by atoms with Crippen molar-refractivity contribution in [1.82, 2.24) is 15.5 Å². The molecule has 1 aromatic rings. The highest BCUT2D eigenvalue weighted by molar-refractivity contribution is 14.0. The van der Waals surface area contributed by atoms with Crippen LogP contribution in [-0.2, 0) is 0 Å². The third kappa shape index (κ3) is 7.15. The highest BCUT2D eigenvalue weighted by Gasteiger charge is 2.23. The van der Waals surface area contributed by atoms with Gasteiger partial charge in [0.25, 0.3) is 0 Å². The predicted octanol–water partition coefficient (Wildman–Crippen LogP) is 3.04. The lowest BCUT2D eigenvalue weighted by Gasteiger charge is -2.28. The van der Waals surface area contributed by atoms with E-state index in [0.717, 1.165) is 25.7 Å². The first-order chi connectivity index (χ1) is 12.4. The van der Waals surface area contributed by atoms with Crippen molar-refractivity contribution in [3.05, 3.63) is 35.4 Å². The number of hydrogen-bond donors (Lipinski definition) is 3. The molecule has 1 unspecified atom stereocenters. The van der Waals surface area contributed by atoms with Crippen LogP contribution in [0.15, 0.2) is 23.2 Å². The SMILES string of the molecule is CCNC(=NCC(c1c(F)cccc1F)N(C)C)NC1CCC(O)CC1.I. The van der Waals surface area contributed by atoms with Gasteiger partial charge >= 0.3 is 0 Å². The summed E-state index contributed by atoms with van der Waals surface area (Å²) in [5.41, 5.74) is 0.0397. The van der Waals surface area contributed by atoms with Gasteiger partial charge in [0.05, 0.1) is 18.7 Å². The highest BCUT2D eigenvalue weighted by Crippen LogP contribution is 2.25. The second kappa shape index (κ2) is 11.8. The molecule has 27 heavy (non-hydrogen) atoms. The Balaban J connectivity index is 0.00000364. The fourth-order valence-electron chi connectivity index (χ4n) is 3.25. The number of guanidine groups is 1. The summed E-state index contributed by atoms with van der Waals surface area (Å²) in [6.07, 6.45) is 3.10. The van der Waals surface area contributed by atoms with Gasteiger partial charge in [0.1, 0.15) is 11.6 Å². The zero-order valence-electron chi connectivity index (χ0n) is 16.2. The molecule has 0 saturated heterocycles. The number of aliphatic imine (C=N–C) groups is 1. The summed E-state index contributed by atoms with van der Waals surface area (Å²) < 4.78 is 28.3. The number of nitrogens with one attached hydrogen (secondary N) is 2. The molecule has 0 heterocycles. The van der Waals surface area contributed by atoms with Crippen molar-refractivity contribution in [2.24, 2.45) is 4.99 Å². The van der Waals surface area contributed by atoms with Gasteiger partial charge in [-0.05, 0) is 58.8 Å². The molecule has 0 amide bonds. The largest absolute Gasteiger partial charge is 0.393 e. The lowest BCUT2D eigenvalue weighted by molar-refractivity contribution is 0.120. The maximum Gasteiger partial charge on any atom is 0.191 e. The predicted molar refractivity (Wildman–Crippen MR) is 116 cm³/mol. The first-order valence-corrected chi connectivity index (χ1v) is 9.25. The molecule has 2 rings (SSSR count). The Morgan fingerprint density at radius 1 is 1.22 bits per heavy atom. The normalized spacial score (nSPS) is 21.5. The van der Waals surface area contributed by atoms with Crippen LogP contribution < -0.4 is 10.6 Å². The average Bonchev–Trinajstić information content (AvgIpc) is 2.59. The molecular weight excluding hydrogens is 465 g/mol. The van der Waals surface area contributed by atoms with Crippen LogP contribution in [0.25, 0.3) is 0 Å². The van der Waals surface area contributed by atoms with Gasteiger partial charge in [-0.2, -0.15) is 0 Å². The van der Waals surface area contributed by atoms with Gasteiger partial charge in [0.15, 0.2) is 5.96 Å². The number of aliphatic hydroxyl groups is 1. The van der Waals surface area contributed by atoms with Crippen molar-refractivity contribution < 1.29 is 13.9 Å². The number of nitrogens with zero attached hydrogens (tertiary/aromatic N) is 2. The molecule has 0 radical (unpaired) electrons. The maximum atomic E-state index is 14.2. The Kier molecular flexibility index (Phi) is 10.5. The number of aliphatic hydroxyl groups excluding tert-OH is 1. The molecule has 1 aliphatic carbocycles. The van der Waals surface area contributed by atoms with E-state index in [9.17, 15) is 13.9 Å². The Morgan fingerprint density at radius 3 is 2.33 bits per heavy atom. The van der Waals surface area contributed by atoms with E-state index in [1.54, 1.807) is 19.0 Å². The van der Waals surface area contributed by atoms with Crippen molar-refractivity contribution in [3.8, 4) is 0 Å². The standard InChI is InChI=1S/C19H30F2N4O.HI/c1-4-22-19(24-13-8-10-14(26)11-9-13)23-12-17(25(2)3)18-15(20)6-5-7-16(18)21;/h5-7,13-14,17,26H,4,8-12H2,1-3H3,(H2,22,23,24);1H. The number of rotatable bonds is 6. The van der Waals surface area contributed by atoms with E-state index in [4.69, 9.17) is 0 Å². The number of benzene rings is 1. The van der Waals surface area contributed by atoms with Crippen LogP contribution in [0.4, 0.5) is 8.78 Å². The van der Waals surface area contributed by atoms with Gasteiger partial charge < -0.3 is 20.6 Å². The first kappa shape index (κ1) is 24.0. The summed E-state index contributed by atoms with van der Waals surface area (Å²) >= 11 is 0. The third-order valence-electron chi connectivity index (χ3n) is 4.76. The first-order valence-electron chi connectivity index (χ1n) is 9.25. The van der Waals surface area contributed by atoms with Gasteiger partial charge in [-0.25, -0.2) is 8.78 Å². The molecule has 5 nitrogen and oxygen atoms in total.